The SMILES string of the molecule is COc1ccc(NC(=O)C2CCN(S(=O)(=O)c3cccc(S(C)(=O)=O)c3)CC2)c([N+](=O)[O-])c1. The van der Waals surface area contributed by atoms with Gasteiger partial charge in [0, 0.05) is 25.3 Å². The van der Waals surface area contributed by atoms with Gasteiger partial charge < -0.3 is 10.1 Å². The average Bonchev–Trinajstić information content (AvgIpc) is 2.78. The van der Waals surface area contributed by atoms with Gasteiger partial charge in [0.25, 0.3) is 5.69 Å². The van der Waals surface area contributed by atoms with E-state index in [0.717, 1.165) is 12.3 Å². The van der Waals surface area contributed by atoms with Crippen molar-refractivity contribution >= 4 is 37.1 Å². The molecule has 11 nitrogen and oxygen atoms in total. The number of methoxy groups -OCH3 is 1. The molecule has 0 atom stereocenters. The molecule has 0 radical (unpaired) electrons. The highest BCUT2D eigenvalue weighted by Gasteiger charge is 2.33. The largest absolute Gasteiger partial charge is 0.496 e. The zero-order chi connectivity index (χ0) is 24.4. The number of hydrogen-bond acceptors (Lipinski definition) is 8. The minimum Gasteiger partial charge on any atom is -0.496 e. The lowest BCUT2D eigenvalue weighted by atomic mass is 9.97. The van der Waals surface area contributed by atoms with E-state index in [0.29, 0.717) is 0 Å². The molecule has 1 amide bonds. The molecule has 2 aromatic carbocycles. The van der Waals surface area contributed by atoms with Gasteiger partial charge in [0.15, 0.2) is 9.84 Å². The molecule has 1 aliphatic heterocycles. The zero-order valence-electron chi connectivity index (χ0n) is 17.9. The van der Waals surface area contributed by atoms with Crippen LogP contribution in [0.3, 0.4) is 0 Å². The van der Waals surface area contributed by atoms with E-state index in [9.17, 15) is 31.7 Å². The van der Waals surface area contributed by atoms with E-state index in [1.54, 1.807) is 0 Å². The second kappa shape index (κ2) is 9.45. The maximum absolute atomic E-state index is 13.0. The number of nitrogens with one attached hydrogen (secondary N) is 1. The number of carbonyl (C=O) groups is 1. The second-order valence-corrected chi connectivity index (χ2v) is 11.5. The topological polar surface area (TPSA) is 153 Å². The maximum atomic E-state index is 13.0. The number of benzene rings is 2. The number of nitro groups is 1. The van der Waals surface area contributed by atoms with Crippen molar-refractivity contribution in [1.82, 2.24) is 4.31 Å². The van der Waals surface area contributed by atoms with Crippen molar-refractivity contribution < 1.29 is 31.3 Å². The molecule has 1 aliphatic rings. The Morgan fingerprint density at radius 3 is 2.30 bits per heavy atom. The molecule has 1 heterocycles. The van der Waals surface area contributed by atoms with Crippen LogP contribution in [0.4, 0.5) is 11.4 Å². The molecule has 0 aromatic heterocycles. The highest BCUT2D eigenvalue weighted by Crippen LogP contribution is 2.31. The Morgan fingerprint density at radius 1 is 1.09 bits per heavy atom. The van der Waals surface area contributed by atoms with Crippen molar-refractivity contribution in [2.45, 2.75) is 22.6 Å². The molecule has 13 heteroatoms. The number of sulfonamides is 1. The predicted molar refractivity (Wildman–Crippen MR) is 119 cm³/mol. The van der Waals surface area contributed by atoms with Crippen LogP contribution in [0.2, 0.25) is 0 Å². The summed E-state index contributed by atoms with van der Waals surface area (Å²) in [7, 11) is -6.14. The summed E-state index contributed by atoms with van der Waals surface area (Å²) in [5.41, 5.74) is -0.285. The maximum Gasteiger partial charge on any atom is 0.296 e. The summed E-state index contributed by atoms with van der Waals surface area (Å²) in [5, 5.41) is 13.9. The molecule has 0 aliphatic carbocycles. The zero-order valence-corrected chi connectivity index (χ0v) is 19.6. The first-order chi connectivity index (χ1) is 15.4. The van der Waals surface area contributed by atoms with E-state index in [1.165, 1.54) is 47.8 Å². The lowest BCUT2D eigenvalue weighted by Gasteiger charge is -2.30. The van der Waals surface area contributed by atoms with Gasteiger partial charge in [-0.25, -0.2) is 16.8 Å². The van der Waals surface area contributed by atoms with Gasteiger partial charge in [-0.05, 0) is 43.2 Å². The summed E-state index contributed by atoms with van der Waals surface area (Å²) in [6.07, 6.45) is 1.41. The highest BCUT2D eigenvalue weighted by atomic mass is 32.2. The number of rotatable bonds is 7. The molecule has 33 heavy (non-hydrogen) atoms. The normalized spacial score (nSPS) is 15.7. The Balaban J connectivity index is 1.70. The van der Waals surface area contributed by atoms with Gasteiger partial charge >= 0.3 is 0 Å². The van der Waals surface area contributed by atoms with E-state index in [4.69, 9.17) is 4.74 Å². The molecule has 1 N–H and O–H groups in total. The monoisotopic (exact) mass is 497 g/mol. The van der Waals surface area contributed by atoms with Gasteiger partial charge in [-0.15, -0.1) is 0 Å². The number of piperidine rings is 1. The van der Waals surface area contributed by atoms with Crippen molar-refractivity contribution in [3.63, 3.8) is 0 Å². The van der Waals surface area contributed by atoms with Crippen LogP contribution in [0, 0.1) is 16.0 Å². The molecule has 1 fully saturated rings. The fraction of sp³-hybridized carbons (Fsp3) is 0.350. The van der Waals surface area contributed by atoms with Gasteiger partial charge in [0.05, 0.1) is 27.9 Å². The summed E-state index contributed by atoms with van der Waals surface area (Å²) < 4.78 is 55.6. The molecule has 2 aromatic rings. The molecule has 0 bridgehead atoms. The Kier molecular flexibility index (Phi) is 7.05. The minimum atomic E-state index is -3.94. The van der Waals surface area contributed by atoms with Crippen LogP contribution in [-0.4, -0.2) is 58.4 Å². The van der Waals surface area contributed by atoms with Crippen LogP contribution in [0.15, 0.2) is 52.3 Å². The molecular formula is C20H23N3O8S2. The quantitative estimate of drug-likeness (QED) is 0.450. The summed E-state index contributed by atoms with van der Waals surface area (Å²) in [5.74, 6) is -0.710. The van der Waals surface area contributed by atoms with Crippen molar-refractivity contribution in [1.29, 1.82) is 0 Å². The molecule has 0 saturated carbocycles. The van der Waals surface area contributed by atoms with Gasteiger partial charge in [0.1, 0.15) is 11.4 Å². The number of ether oxygens (including phenoxy) is 1. The lowest BCUT2D eigenvalue weighted by molar-refractivity contribution is -0.384. The molecule has 0 unspecified atom stereocenters. The van der Waals surface area contributed by atoms with Crippen LogP contribution < -0.4 is 10.1 Å². The predicted octanol–water partition coefficient (Wildman–Crippen LogP) is 2.05. The standard InChI is InChI=1S/C20H23N3O8S2/c1-31-15-6-7-18(19(12-15)23(25)26)21-20(24)14-8-10-22(11-9-14)33(29,30)17-5-3-4-16(13-17)32(2,27)28/h3-7,12-14H,8-11H2,1-2H3,(H,21,24). The molecule has 3 rings (SSSR count). The number of carbonyl (C=O) groups excluding carboxylic acids is 1. The Morgan fingerprint density at radius 2 is 1.73 bits per heavy atom. The van der Waals surface area contributed by atoms with E-state index >= 15 is 0 Å². The van der Waals surface area contributed by atoms with Crippen molar-refractivity contribution in [3.8, 4) is 5.75 Å². The Labute approximate surface area is 191 Å². The van der Waals surface area contributed by atoms with E-state index < -0.39 is 36.6 Å². The smallest absolute Gasteiger partial charge is 0.296 e. The summed E-state index contributed by atoms with van der Waals surface area (Å²) in [6.45, 7) is 0.0997. The number of amides is 1. The van der Waals surface area contributed by atoms with Crippen LogP contribution >= 0.6 is 0 Å². The van der Waals surface area contributed by atoms with Crippen LogP contribution in [0.25, 0.3) is 0 Å². The first kappa shape index (κ1) is 24.6. The third-order valence-electron chi connectivity index (χ3n) is 5.36. The van der Waals surface area contributed by atoms with Gasteiger partial charge in [0.2, 0.25) is 15.9 Å². The first-order valence-corrected chi connectivity index (χ1v) is 13.2. The Hall–Kier alpha value is -3.03. The summed E-state index contributed by atoms with van der Waals surface area (Å²) >= 11 is 0. The second-order valence-electron chi connectivity index (χ2n) is 7.55. The number of nitrogens with zero attached hydrogens (tertiary/aromatic N) is 2. The third kappa shape index (κ3) is 5.49. The van der Waals surface area contributed by atoms with E-state index in [2.05, 4.69) is 5.32 Å². The van der Waals surface area contributed by atoms with E-state index in [1.807, 2.05) is 0 Å². The summed E-state index contributed by atoms with van der Waals surface area (Å²) in [6, 6.07) is 9.20. The van der Waals surface area contributed by atoms with Crippen LogP contribution in [0.1, 0.15) is 12.8 Å². The average molecular weight is 498 g/mol. The van der Waals surface area contributed by atoms with Crippen LogP contribution in [0.5, 0.6) is 5.75 Å². The molecule has 0 spiro atoms. The lowest BCUT2D eigenvalue weighted by Crippen LogP contribution is -2.41. The molecular weight excluding hydrogens is 474 g/mol. The number of anilines is 1. The fourth-order valence-electron chi connectivity index (χ4n) is 3.50. The number of sulfone groups is 1. The van der Waals surface area contributed by atoms with Crippen molar-refractivity contribution in [2.24, 2.45) is 5.92 Å². The summed E-state index contributed by atoms with van der Waals surface area (Å²) in [4.78, 5) is 23.1. The van der Waals surface area contributed by atoms with Gasteiger partial charge in [-0.1, -0.05) is 6.07 Å². The van der Waals surface area contributed by atoms with Crippen molar-refractivity contribution in [3.05, 3.63) is 52.6 Å². The number of nitro benzene ring substituents is 1. The fourth-order valence-corrected chi connectivity index (χ4v) is 5.76. The highest BCUT2D eigenvalue weighted by molar-refractivity contribution is 7.91. The number of hydrogen-bond donors (Lipinski definition) is 1. The van der Waals surface area contributed by atoms with Crippen molar-refractivity contribution in [2.75, 3.05) is 31.8 Å². The van der Waals surface area contributed by atoms with Gasteiger partial charge in [-0.3, -0.25) is 14.9 Å². The first-order valence-electron chi connectivity index (χ1n) is 9.87. The third-order valence-corrected chi connectivity index (χ3v) is 8.36. The van der Waals surface area contributed by atoms with Gasteiger partial charge in [-0.2, -0.15) is 4.31 Å². The van der Waals surface area contributed by atoms with E-state index in [-0.39, 0.29) is 52.8 Å². The Bertz CT molecular complexity index is 1280. The molecule has 1 saturated heterocycles. The molecule has 178 valence electrons. The van der Waals surface area contributed by atoms with Crippen LogP contribution in [-0.2, 0) is 24.7 Å². The minimum absolute atomic E-state index is 0.0263.